The van der Waals surface area contributed by atoms with Gasteiger partial charge in [0.05, 0.1) is 22.3 Å². The Bertz CT molecular complexity index is 714. The van der Waals surface area contributed by atoms with Crippen molar-refractivity contribution in [2.45, 2.75) is 65.1 Å². The number of carboxylic acid groups (broad SMARTS) is 2. The molecule has 0 radical (unpaired) electrons. The van der Waals surface area contributed by atoms with E-state index in [-0.39, 0.29) is 5.92 Å². The lowest BCUT2D eigenvalue weighted by Gasteiger charge is -2.43. The molecule has 0 amide bonds. The summed E-state index contributed by atoms with van der Waals surface area (Å²) >= 11 is 0. The van der Waals surface area contributed by atoms with Crippen molar-refractivity contribution in [3.05, 3.63) is 71.8 Å². The van der Waals surface area contributed by atoms with Gasteiger partial charge in [0.2, 0.25) is 0 Å². The Balaban J connectivity index is 0.000000445. The molecular formula is C25H36O6. The van der Waals surface area contributed by atoms with Crippen molar-refractivity contribution >= 4 is 11.9 Å². The molecule has 4 N–H and O–H groups in total. The Morgan fingerprint density at radius 2 is 1.06 bits per heavy atom. The monoisotopic (exact) mass is 432 g/mol. The van der Waals surface area contributed by atoms with E-state index in [0.717, 1.165) is 12.8 Å². The van der Waals surface area contributed by atoms with Crippen molar-refractivity contribution < 1.29 is 30.0 Å². The first-order valence-electron chi connectivity index (χ1n) is 10.5. The molecule has 172 valence electrons. The van der Waals surface area contributed by atoms with Crippen LogP contribution in [-0.4, -0.2) is 43.6 Å². The second-order valence-electron chi connectivity index (χ2n) is 7.69. The van der Waals surface area contributed by atoms with E-state index in [4.69, 9.17) is 10.2 Å². The van der Waals surface area contributed by atoms with Gasteiger partial charge in [-0.15, -0.1) is 0 Å². The fourth-order valence-electron chi connectivity index (χ4n) is 3.35. The lowest BCUT2D eigenvalue weighted by molar-refractivity contribution is -0.167. The van der Waals surface area contributed by atoms with Crippen LogP contribution in [0.25, 0.3) is 0 Å². The van der Waals surface area contributed by atoms with E-state index in [1.807, 2.05) is 6.92 Å². The molecule has 0 saturated heterocycles. The van der Waals surface area contributed by atoms with Crippen molar-refractivity contribution in [2.24, 2.45) is 5.92 Å². The van der Waals surface area contributed by atoms with Crippen LogP contribution < -0.4 is 0 Å². The van der Waals surface area contributed by atoms with Gasteiger partial charge in [-0.25, -0.2) is 9.59 Å². The third-order valence-corrected chi connectivity index (χ3v) is 5.30. The Kier molecular flexibility index (Phi) is 12.4. The van der Waals surface area contributed by atoms with Gasteiger partial charge in [0.1, 0.15) is 0 Å². The fraction of sp³-hybridized carbons (Fsp3) is 0.440. The van der Waals surface area contributed by atoms with Crippen LogP contribution in [0.1, 0.15) is 74.6 Å². The van der Waals surface area contributed by atoms with Crippen LogP contribution in [0, 0.1) is 5.92 Å². The highest BCUT2D eigenvalue weighted by atomic mass is 16.4. The van der Waals surface area contributed by atoms with Gasteiger partial charge in [-0.1, -0.05) is 70.0 Å². The molecule has 1 atom stereocenters. The number of aromatic carboxylic acids is 2. The second kappa shape index (κ2) is 13.6. The number of hydrogen-bond donors (Lipinski definition) is 4. The van der Waals surface area contributed by atoms with Crippen LogP contribution in [0.3, 0.4) is 0 Å². The van der Waals surface area contributed by atoms with E-state index in [2.05, 4.69) is 13.8 Å². The summed E-state index contributed by atoms with van der Waals surface area (Å²) in [5.41, 5.74) is -1.30. The summed E-state index contributed by atoms with van der Waals surface area (Å²) in [5.74, 6) is -1.58. The van der Waals surface area contributed by atoms with Gasteiger partial charge in [0.15, 0.2) is 0 Å². The molecular weight excluding hydrogens is 396 g/mol. The first kappa shape index (κ1) is 28.3. The topological polar surface area (TPSA) is 115 Å². The minimum absolute atomic E-state index is 0.178. The zero-order valence-corrected chi connectivity index (χ0v) is 19.1. The number of carboxylic acids is 2. The van der Waals surface area contributed by atoms with Gasteiger partial charge in [0.25, 0.3) is 0 Å². The second-order valence-corrected chi connectivity index (χ2v) is 7.69. The average molecular weight is 433 g/mol. The molecule has 1 unspecified atom stereocenters. The summed E-state index contributed by atoms with van der Waals surface area (Å²) in [5, 5.41) is 37.1. The molecule has 2 aromatic carbocycles. The fourth-order valence-corrected chi connectivity index (χ4v) is 3.35. The smallest absolute Gasteiger partial charge is 0.335 e. The largest absolute Gasteiger partial charge is 0.478 e. The number of hydrogen-bond acceptors (Lipinski definition) is 4. The van der Waals surface area contributed by atoms with Crippen LogP contribution in [0.15, 0.2) is 60.7 Å². The minimum atomic E-state index is -1.02. The molecule has 0 spiro atoms. The zero-order valence-electron chi connectivity index (χ0n) is 19.1. The molecule has 0 heterocycles. The Hall–Kier alpha value is -2.70. The molecule has 0 saturated carbocycles. The first-order valence-corrected chi connectivity index (χ1v) is 10.5. The van der Waals surface area contributed by atoms with E-state index in [9.17, 15) is 19.8 Å². The van der Waals surface area contributed by atoms with Crippen molar-refractivity contribution in [3.8, 4) is 0 Å². The van der Waals surface area contributed by atoms with E-state index in [1.165, 1.54) is 0 Å². The van der Waals surface area contributed by atoms with Crippen molar-refractivity contribution in [1.29, 1.82) is 0 Å². The lowest BCUT2D eigenvalue weighted by Crippen LogP contribution is -2.54. The lowest BCUT2D eigenvalue weighted by atomic mass is 9.71. The Labute approximate surface area is 185 Å². The molecule has 0 bridgehead atoms. The van der Waals surface area contributed by atoms with Crippen LogP contribution in [-0.2, 0) is 0 Å². The van der Waals surface area contributed by atoms with Gasteiger partial charge < -0.3 is 20.4 Å². The van der Waals surface area contributed by atoms with Crippen molar-refractivity contribution in [3.63, 3.8) is 0 Å². The van der Waals surface area contributed by atoms with Crippen LogP contribution in [0.5, 0.6) is 0 Å². The highest BCUT2D eigenvalue weighted by Crippen LogP contribution is 2.36. The molecule has 6 nitrogen and oxygen atoms in total. The van der Waals surface area contributed by atoms with E-state index in [0.29, 0.717) is 17.5 Å². The highest BCUT2D eigenvalue weighted by Gasteiger charge is 2.45. The maximum atomic E-state index is 10.4. The van der Waals surface area contributed by atoms with Crippen molar-refractivity contribution in [1.82, 2.24) is 0 Å². The van der Waals surface area contributed by atoms with E-state index >= 15 is 0 Å². The number of carbonyl (C=O) groups is 2. The third-order valence-electron chi connectivity index (χ3n) is 5.30. The molecule has 2 rings (SSSR count). The maximum absolute atomic E-state index is 10.4. The van der Waals surface area contributed by atoms with Gasteiger partial charge in [-0.05, 0) is 50.5 Å². The number of aliphatic hydroxyl groups is 2. The Morgan fingerprint density at radius 1 is 0.742 bits per heavy atom. The average Bonchev–Trinajstić information content (AvgIpc) is 2.75. The summed E-state index contributed by atoms with van der Waals surface area (Å²) in [7, 11) is 0. The predicted octanol–water partition coefficient (Wildman–Crippen LogP) is 5.10. The van der Waals surface area contributed by atoms with Crippen LogP contribution in [0.4, 0.5) is 0 Å². The Morgan fingerprint density at radius 3 is 1.19 bits per heavy atom. The maximum Gasteiger partial charge on any atom is 0.335 e. The molecule has 2 aromatic rings. The summed E-state index contributed by atoms with van der Waals surface area (Å²) in [6.45, 7) is 9.42. The normalized spacial score (nSPS) is 12.5. The van der Waals surface area contributed by atoms with Gasteiger partial charge in [-0.3, -0.25) is 0 Å². The summed E-state index contributed by atoms with van der Waals surface area (Å²) in [6, 6.07) is 16.6. The molecule has 0 aliphatic carbocycles. The summed E-state index contributed by atoms with van der Waals surface area (Å²) in [6.07, 6.45) is 2.42. The quantitative estimate of drug-likeness (QED) is 0.484. The standard InChI is InChI=1S/C11H24O2.2C7H6O2/c1-6-9(7-2)11(13,8-3)10(4,5)12;2*8-7(9)6-4-2-1-3-5-6/h9,12-13H,6-8H2,1-5H3;2*1-5H,(H,8,9). The van der Waals surface area contributed by atoms with Gasteiger partial charge >= 0.3 is 11.9 Å². The number of rotatable bonds is 7. The van der Waals surface area contributed by atoms with Gasteiger partial charge in [0, 0.05) is 0 Å². The van der Waals surface area contributed by atoms with Crippen LogP contribution >= 0.6 is 0 Å². The molecule has 0 fully saturated rings. The van der Waals surface area contributed by atoms with Gasteiger partial charge in [-0.2, -0.15) is 0 Å². The molecule has 0 aliphatic rings. The first-order chi connectivity index (χ1) is 14.4. The summed E-state index contributed by atoms with van der Waals surface area (Å²) in [4.78, 5) is 20.4. The predicted molar refractivity (Wildman–Crippen MR) is 122 cm³/mol. The molecule has 31 heavy (non-hydrogen) atoms. The van der Waals surface area contributed by atoms with E-state index in [1.54, 1.807) is 74.5 Å². The summed E-state index contributed by atoms with van der Waals surface area (Å²) < 4.78 is 0. The molecule has 0 aliphatic heterocycles. The number of benzene rings is 2. The van der Waals surface area contributed by atoms with Crippen molar-refractivity contribution in [2.75, 3.05) is 0 Å². The molecule has 6 heteroatoms. The van der Waals surface area contributed by atoms with E-state index < -0.39 is 23.1 Å². The SMILES string of the molecule is CCC(CC)C(O)(CC)C(C)(C)O.O=C(O)c1ccccc1.O=C(O)c1ccccc1. The molecule has 0 aromatic heterocycles. The highest BCUT2D eigenvalue weighted by molar-refractivity contribution is 5.87. The minimum Gasteiger partial charge on any atom is -0.478 e. The van der Waals surface area contributed by atoms with Crippen LogP contribution in [0.2, 0.25) is 0 Å². The zero-order chi connectivity index (χ0) is 24.1. The third kappa shape index (κ3) is 9.32.